The van der Waals surface area contributed by atoms with Crippen molar-refractivity contribution in [3.63, 3.8) is 0 Å². The molecule has 0 amide bonds. The van der Waals surface area contributed by atoms with Gasteiger partial charge in [0.1, 0.15) is 5.60 Å². The van der Waals surface area contributed by atoms with Gasteiger partial charge in [0.25, 0.3) is 0 Å². The van der Waals surface area contributed by atoms with Gasteiger partial charge in [0.15, 0.2) is 0 Å². The molecule has 1 aromatic heterocycles. The molecule has 0 aliphatic heterocycles. The maximum Gasteiger partial charge on any atom is 0.338 e. The summed E-state index contributed by atoms with van der Waals surface area (Å²) in [6, 6.07) is 10.8. The van der Waals surface area contributed by atoms with Crippen LogP contribution in [0.25, 0.3) is 6.08 Å². The number of carbonyl (C=O) groups excluding carboxylic acids is 1. The Morgan fingerprint density at radius 3 is 2.30 bits per heavy atom. The first-order valence-corrected chi connectivity index (χ1v) is 6.39. The van der Waals surface area contributed by atoms with E-state index in [0.29, 0.717) is 5.56 Å². The van der Waals surface area contributed by atoms with E-state index >= 15 is 0 Å². The second-order valence-electron chi connectivity index (χ2n) is 4.96. The van der Waals surface area contributed by atoms with Crippen molar-refractivity contribution in [2.45, 2.75) is 19.4 Å². The average molecular weight is 267 g/mol. The van der Waals surface area contributed by atoms with Crippen molar-refractivity contribution in [1.29, 1.82) is 0 Å². The van der Waals surface area contributed by atoms with Crippen LogP contribution in [-0.2, 0) is 10.3 Å². The van der Waals surface area contributed by atoms with Crippen molar-refractivity contribution in [2.24, 2.45) is 0 Å². The largest absolute Gasteiger partial charge is 0.451 e. The topological polar surface area (TPSA) is 39.2 Å². The monoisotopic (exact) mass is 267 g/mol. The molecule has 0 spiro atoms. The highest BCUT2D eigenvalue weighted by atomic mass is 16.6. The number of aromatic nitrogens is 1. The maximum absolute atomic E-state index is 12.2. The molecular weight excluding hydrogens is 250 g/mol. The third kappa shape index (κ3) is 3.12. The minimum atomic E-state index is -0.697. The van der Waals surface area contributed by atoms with Gasteiger partial charge in [0, 0.05) is 12.4 Å². The maximum atomic E-state index is 12.2. The van der Waals surface area contributed by atoms with Crippen molar-refractivity contribution in [3.05, 3.63) is 72.1 Å². The average Bonchev–Trinajstić information content (AvgIpc) is 2.48. The Morgan fingerprint density at radius 2 is 1.75 bits per heavy atom. The SMILES string of the molecule is C=Cc1ccc(C(=O)OC(C)(C)c2ccncc2)cc1. The highest BCUT2D eigenvalue weighted by molar-refractivity contribution is 5.90. The van der Waals surface area contributed by atoms with Gasteiger partial charge >= 0.3 is 5.97 Å². The summed E-state index contributed by atoms with van der Waals surface area (Å²) in [5, 5.41) is 0. The number of nitrogens with zero attached hydrogens (tertiary/aromatic N) is 1. The van der Waals surface area contributed by atoms with Crippen LogP contribution in [0.2, 0.25) is 0 Å². The molecule has 102 valence electrons. The minimum Gasteiger partial charge on any atom is -0.451 e. The van der Waals surface area contributed by atoms with Crippen LogP contribution in [0, 0.1) is 0 Å². The number of carbonyl (C=O) groups is 1. The van der Waals surface area contributed by atoms with Crippen LogP contribution in [-0.4, -0.2) is 11.0 Å². The molecule has 0 radical (unpaired) electrons. The zero-order valence-corrected chi connectivity index (χ0v) is 11.7. The van der Waals surface area contributed by atoms with Crippen LogP contribution in [0.1, 0.15) is 35.3 Å². The molecule has 3 heteroatoms. The standard InChI is InChI=1S/C17H17NO2/c1-4-13-5-7-14(8-6-13)16(19)20-17(2,3)15-9-11-18-12-10-15/h4-12H,1H2,2-3H3. The number of benzene rings is 1. The Bertz CT molecular complexity index is 601. The van der Waals surface area contributed by atoms with Gasteiger partial charge in [-0.25, -0.2) is 4.79 Å². The molecule has 0 unspecified atom stereocenters. The molecule has 0 aliphatic carbocycles. The van der Waals surface area contributed by atoms with Gasteiger partial charge in [0.2, 0.25) is 0 Å². The number of ether oxygens (including phenoxy) is 1. The molecule has 2 aromatic rings. The summed E-state index contributed by atoms with van der Waals surface area (Å²) < 4.78 is 5.59. The van der Waals surface area contributed by atoms with E-state index in [1.165, 1.54) is 0 Å². The number of esters is 1. The Balaban J connectivity index is 2.16. The molecule has 3 nitrogen and oxygen atoms in total. The quantitative estimate of drug-likeness (QED) is 0.790. The second-order valence-corrected chi connectivity index (χ2v) is 4.96. The molecule has 2 rings (SSSR count). The van der Waals surface area contributed by atoms with Crippen molar-refractivity contribution in [2.75, 3.05) is 0 Å². The summed E-state index contributed by atoms with van der Waals surface area (Å²) >= 11 is 0. The van der Waals surface area contributed by atoms with Gasteiger partial charge in [-0.3, -0.25) is 4.98 Å². The van der Waals surface area contributed by atoms with E-state index in [4.69, 9.17) is 4.74 Å². The summed E-state index contributed by atoms with van der Waals surface area (Å²) in [4.78, 5) is 16.1. The smallest absolute Gasteiger partial charge is 0.338 e. The van der Waals surface area contributed by atoms with Gasteiger partial charge in [-0.1, -0.05) is 24.8 Å². The first-order chi connectivity index (χ1) is 9.53. The lowest BCUT2D eigenvalue weighted by Gasteiger charge is -2.25. The van der Waals surface area contributed by atoms with E-state index in [1.54, 1.807) is 30.6 Å². The lowest BCUT2D eigenvalue weighted by atomic mass is 9.99. The predicted octanol–water partition coefficient (Wildman–Crippen LogP) is 3.82. The Labute approximate surface area is 118 Å². The van der Waals surface area contributed by atoms with E-state index in [0.717, 1.165) is 11.1 Å². The fourth-order valence-electron chi connectivity index (χ4n) is 1.86. The summed E-state index contributed by atoms with van der Waals surface area (Å²) in [6.45, 7) is 7.40. The molecule has 0 atom stereocenters. The lowest BCUT2D eigenvalue weighted by Crippen LogP contribution is -2.25. The summed E-state index contributed by atoms with van der Waals surface area (Å²) in [5.74, 6) is -0.345. The highest BCUT2D eigenvalue weighted by Crippen LogP contribution is 2.25. The summed E-state index contributed by atoms with van der Waals surface area (Å²) in [5.41, 5.74) is 1.70. The number of hydrogen-bond donors (Lipinski definition) is 0. The van der Waals surface area contributed by atoms with E-state index < -0.39 is 5.60 Å². The Morgan fingerprint density at radius 1 is 1.15 bits per heavy atom. The Hall–Kier alpha value is -2.42. The zero-order chi connectivity index (χ0) is 14.6. The second kappa shape index (κ2) is 5.70. The van der Waals surface area contributed by atoms with Crippen LogP contribution < -0.4 is 0 Å². The van der Waals surface area contributed by atoms with E-state index in [9.17, 15) is 4.79 Å². The van der Waals surface area contributed by atoms with Crippen molar-refractivity contribution < 1.29 is 9.53 Å². The van der Waals surface area contributed by atoms with Gasteiger partial charge in [-0.05, 0) is 49.2 Å². The van der Waals surface area contributed by atoms with E-state index in [-0.39, 0.29) is 5.97 Å². The number of hydrogen-bond acceptors (Lipinski definition) is 3. The fourth-order valence-corrected chi connectivity index (χ4v) is 1.86. The highest BCUT2D eigenvalue weighted by Gasteiger charge is 2.25. The molecule has 0 bridgehead atoms. The van der Waals surface area contributed by atoms with Gasteiger partial charge in [-0.15, -0.1) is 0 Å². The molecule has 20 heavy (non-hydrogen) atoms. The van der Waals surface area contributed by atoms with Gasteiger partial charge < -0.3 is 4.74 Å². The predicted molar refractivity (Wildman–Crippen MR) is 79.2 cm³/mol. The molecule has 0 fully saturated rings. The van der Waals surface area contributed by atoms with Crippen molar-refractivity contribution >= 4 is 12.0 Å². The third-order valence-corrected chi connectivity index (χ3v) is 3.11. The lowest BCUT2D eigenvalue weighted by molar-refractivity contribution is -0.00316. The summed E-state index contributed by atoms with van der Waals surface area (Å²) in [7, 11) is 0. The number of pyridine rings is 1. The summed E-state index contributed by atoms with van der Waals surface area (Å²) in [6.07, 6.45) is 5.10. The van der Waals surface area contributed by atoms with Crippen LogP contribution in [0.5, 0.6) is 0 Å². The molecule has 1 heterocycles. The molecule has 1 aromatic carbocycles. The Kier molecular flexibility index (Phi) is 3.99. The van der Waals surface area contributed by atoms with E-state index in [2.05, 4.69) is 11.6 Å². The first-order valence-electron chi connectivity index (χ1n) is 6.39. The molecule has 0 N–H and O–H groups in total. The molecule has 0 saturated heterocycles. The van der Waals surface area contributed by atoms with Crippen LogP contribution >= 0.6 is 0 Å². The molecule has 0 saturated carbocycles. The third-order valence-electron chi connectivity index (χ3n) is 3.11. The minimum absolute atomic E-state index is 0.345. The molecular formula is C17H17NO2. The van der Waals surface area contributed by atoms with Crippen LogP contribution in [0.3, 0.4) is 0 Å². The van der Waals surface area contributed by atoms with Crippen molar-refractivity contribution in [1.82, 2.24) is 4.98 Å². The first kappa shape index (κ1) is 14.0. The van der Waals surface area contributed by atoms with Gasteiger partial charge in [0.05, 0.1) is 5.56 Å². The van der Waals surface area contributed by atoms with E-state index in [1.807, 2.05) is 38.1 Å². The molecule has 0 aliphatic rings. The van der Waals surface area contributed by atoms with Gasteiger partial charge in [-0.2, -0.15) is 0 Å². The normalized spacial score (nSPS) is 10.9. The van der Waals surface area contributed by atoms with Crippen LogP contribution in [0.4, 0.5) is 0 Å². The zero-order valence-electron chi connectivity index (χ0n) is 11.7. The number of rotatable bonds is 4. The van der Waals surface area contributed by atoms with Crippen LogP contribution in [0.15, 0.2) is 55.4 Å². The van der Waals surface area contributed by atoms with Crippen molar-refractivity contribution in [3.8, 4) is 0 Å². The fraction of sp³-hybridized carbons (Fsp3) is 0.176.